The van der Waals surface area contributed by atoms with Crippen LogP contribution in [0.25, 0.3) is 0 Å². The molecule has 0 aliphatic carbocycles. The number of piperidine rings is 1. The summed E-state index contributed by atoms with van der Waals surface area (Å²) in [6.07, 6.45) is 1.26. The van der Waals surface area contributed by atoms with Crippen LogP contribution in [-0.2, 0) is 10.0 Å². The van der Waals surface area contributed by atoms with Gasteiger partial charge < -0.3 is 9.15 Å². The van der Waals surface area contributed by atoms with Crippen LogP contribution in [0.2, 0.25) is 5.02 Å². The van der Waals surface area contributed by atoms with Crippen LogP contribution in [0.1, 0.15) is 30.5 Å². The predicted octanol–water partition coefficient (Wildman–Crippen LogP) is 2.61. The van der Waals surface area contributed by atoms with Gasteiger partial charge in [0.2, 0.25) is 21.8 Å². The zero-order valence-electron chi connectivity index (χ0n) is 13.4. The molecule has 1 aliphatic rings. The summed E-state index contributed by atoms with van der Waals surface area (Å²) in [6, 6.07) is 4.58. The topological polar surface area (TPSA) is 85.5 Å². The largest absolute Gasteiger partial charge is 0.495 e. The van der Waals surface area contributed by atoms with Crippen molar-refractivity contribution in [1.29, 1.82) is 0 Å². The molecular weight excluding hydrogens is 354 g/mol. The van der Waals surface area contributed by atoms with Gasteiger partial charge in [-0.05, 0) is 31.0 Å². The third kappa shape index (κ3) is 3.26. The van der Waals surface area contributed by atoms with E-state index >= 15 is 0 Å². The van der Waals surface area contributed by atoms with Crippen molar-refractivity contribution in [2.45, 2.75) is 30.6 Å². The van der Waals surface area contributed by atoms with Gasteiger partial charge in [-0.2, -0.15) is 4.31 Å². The number of hydrogen-bond acceptors (Lipinski definition) is 6. The van der Waals surface area contributed by atoms with Gasteiger partial charge in [0.05, 0.1) is 7.11 Å². The SMILES string of the molecule is COc1ccc(Cl)cc1S(=O)(=O)N1CCC(c2nnc(C)o2)CC1. The Morgan fingerprint density at radius 2 is 2.00 bits per heavy atom. The van der Waals surface area contributed by atoms with E-state index in [1.54, 1.807) is 19.1 Å². The second-order valence-corrected chi connectivity index (χ2v) is 7.98. The van der Waals surface area contributed by atoms with Gasteiger partial charge in [-0.25, -0.2) is 8.42 Å². The molecule has 1 saturated heterocycles. The zero-order chi connectivity index (χ0) is 17.3. The molecule has 0 unspecified atom stereocenters. The fraction of sp³-hybridized carbons (Fsp3) is 0.467. The van der Waals surface area contributed by atoms with Crippen molar-refractivity contribution in [3.05, 3.63) is 35.0 Å². The lowest BCUT2D eigenvalue weighted by Gasteiger charge is -2.30. The van der Waals surface area contributed by atoms with E-state index in [1.165, 1.54) is 17.5 Å². The summed E-state index contributed by atoms with van der Waals surface area (Å²) in [5.41, 5.74) is 0. The zero-order valence-corrected chi connectivity index (χ0v) is 15.0. The molecule has 0 N–H and O–H groups in total. The van der Waals surface area contributed by atoms with Crippen molar-refractivity contribution < 1.29 is 17.6 Å². The highest BCUT2D eigenvalue weighted by Gasteiger charge is 2.33. The molecule has 7 nitrogen and oxygen atoms in total. The molecule has 0 saturated carbocycles. The first-order valence-electron chi connectivity index (χ1n) is 7.55. The highest BCUT2D eigenvalue weighted by molar-refractivity contribution is 7.89. The van der Waals surface area contributed by atoms with E-state index < -0.39 is 10.0 Å². The Morgan fingerprint density at radius 3 is 2.58 bits per heavy atom. The lowest BCUT2D eigenvalue weighted by molar-refractivity contribution is 0.287. The number of benzene rings is 1. The Balaban J connectivity index is 1.79. The molecule has 9 heteroatoms. The summed E-state index contributed by atoms with van der Waals surface area (Å²) in [5, 5.41) is 8.21. The third-order valence-electron chi connectivity index (χ3n) is 4.09. The van der Waals surface area contributed by atoms with Crippen molar-refractivity contribution in [2.24, 2.45) is 0 Å². The third-order valence-corrected chi connectivity index (χ3v) is 6.24. The molecule has 0 spiro atoms. The van der Waals surface area contributed by atoms with Gasteiger partial charge in [0.25, 0.3) is 0 Å². The van der Waals surface area contributed by atoms with Crippen molar-refractivity contribution in [3.63, 3.8) is 0 Å². The number of aryl methyl sites for hydroxylation is 1. The Labute approximate surface area is 145 Å². The predicted molar refractivity (Wildman–Crippen MR) is 87.8 cm³/mol. The molecule has 2 aromatic rings. The van der Waals surface area contributed by atoms with Crippen LogP contribution >= 0.6 is 11.6 Å². The molecule has 2 heterocycles. The number of aromatic nitrogens is 2. The first kappa shape index (κ1) is 17.2. The summed E-state index contributed by atoms with van der Waals surface area (Å²) in [7, 11) is -2.23. The molecule has 0 atom stereocenters. The molecule has 0 bridgehead atoms. The second kappa shape index (κ2) is 6.70. The second-order valence-electron chi connectivity index (χ2n) is 5.63. The number of hydrogen-bond donors (Lipinski definition) is 0. The first-order valence-corrected chi connectivity index (χ1v) is 9.37. The van der Waals surface area contributed by atoms with Crippen molar-refractivity contribution in [1.82, 2.24) is 14.5 Å². The maximum absolute atomic E-state index is 12.9. The number of nitrogens with zero attached hydrogens (tertiary/aromatic N) is 3. The molecule has 1 aliphatic heterocycles. The number of methoxy groups -OCH3 is 1. The maximum atomic E-state index is 12.9. The van der Waals surface area contributed by atoms with E-state index in [1.807, 2.05) is 0 Å². The van der Waals surface area contributed by atoms with E-state index in [9.17, 15) is 8.42 Å². The molecule has 0 radical (unpaired) electrons. The average Bonchev–Trinajstić information content (AvgIpc) is 3.01. The Hall–Kier alpha value is -1.64. The monoisotopic (exact) mass is 371 g/mol. The molecule has 0 amide bonds. The molecular formula is C15H18ClN3O4S. The number of rotatable bonds is 4. The van der Waals surface area contributed by atoms with Gasteiger partial charge in [0, 0.05) is 31.0 Å². The molecule has 1 aromatic carbocycles. The van der Waals surface area contributed by atoms with Crippen LogP contribution in [0, 0.1) is 6.92 Å². The minimum Gasteiger partial charge on any atom is -0.495 e. The maximum Gasteiger partial charge on any atom is 0.246 e. The summed E-state index contributed by atoms with van der Waals surface area (Å²) in [4.78, 5) is 0.0876. The van der Waals surface area contributed by atoms with Crippen LogP contribution in [0.5, 0.6) is 5.75 Å². The first-order chi connectivity index (χ1) is 11.4. The Kier molecular flexibility index (Phi) is 4.80. The van der Waals surface area contributed by atoms with E-state index in [0.29, 0.717) is 42.7 Å². The smallest absolute Gasteiger partial charge is 0.246 e. The van der Waals surface area contributed by atoms with E-state index in [2.05, 4.69) is 10.2 Å². The van der Waals surface area contributed by atoms with Crippen LogP contribution in [0.3, 0.4) is 0 Å². The summed E-state index contributed by atoms with van der Waals surface area (Å²) >= 11 is 5.96. The molecule has 1 aromatic heterocycles. The van der Waals surface area contributed by atoms with Crippen LogP contribution in [0.4, 0.5) is 0 Å². The summed E-state index contributed by atoms with van der Waals surface area (Å²) in [6.45, 7) is 2.50. The Morgan fingerprint density at radius 1 is 1.29 bits per heavy atom. The molecule has 1 fully saturated rings. The van der Waals surface area contributed by atoms with Gasteiger partial charge in [-0.15, -0.1) is 10.2 Å². The summed E-state index contributed by atoms with van der Waals surface area (Å²) < 4.78 is 37.9. The average molecular weight is 372 g/mol. The van der Waals surface area contributed by atoms with Crippen LogP contribution < -0.4 is 4.74 Å². The van der Waals surface area contributed by atoms with Gasteiger partial charge in [0.1, 0.15) is 10.6 Å². The normalized spacial score (nSPS) is 17.1. The van der Waals surface area contributed by atoms with Gasteiger partial charge in [0.15, 0.2) is 0 Å². The van der Waals surface area contributed by atoms with E-state index in [0.717, 1.165) is 0 Å². The summed E-state index contributed by atoms with van der Waals surface area (Å²) in [5.74, 6) is 1.46. The van der Waals surface area contributed by atoms with Gasteiger partial charge in [-0.1, -0.05) is 11.6 Å². The Bertz CT molecular complexity index is 829. The van der Waals surface area contributed by atoms with Crippen molar-refractivity contribution in [3.8, 4) is 5.75 Å². The fourth-order valence-corrected chi connectivity index (χ4v) is 4.70. The number of ether oxygens (including phenoxy) is 1. The van der Waals surface area contributed by atoms with Crippen LogP contribution in [-0.4, -0.2) is 43.1 Å². The quantitative estimate of drug-likeness (QED) is 0.821. The molecule has 24 heavy (non-hydrogen) atoms. The molecule has 3 rings (SSSR count). The fourth-order valence-electron chi connectivity index (χ4n) is 2.81. The van der Waals surface area contributed by atoms with Gasteiger partial charge >= 0.3 is 0 Å². The van der Waals surface area contributed by atoms with Gasteiger partial charge in [-0.3, -0.25) is 0 Å². The van der Waals surface area contributed by atoms with E-state index in [4.69, 9.17) is 20.8 Å². The van der Waals surface area contributed by atoms with Crippen molar-refractivity contribution >= 4 is 21.6 Å². The lowest BCUT2D eigenvalue weighted by atomic mass is 9.98. The van der Waals surface area contributed by atoms with Crippen molar-refractivity contribution in [2.75, 3.05) is 20.2 Å². The minimum atomic E-state index is -3.67. The molecule has 130 valence electrons. The van der Waals surface area contributed by atoms with E-state index in [-0.39, 0.29) is 16.6 Å². The minimum absolute atomic E-state index is 0.0823. The van der Waals surface area contributed by atoms with Crippen LogP contribution in [0.15, 0.2) is 27.5 Å². The highest BCUT2D eigenvalue weighted by Crippen LogP contribution is 2.34. The highest BCUT2D eigenvalue weighted by atomic mass is 35.5. The number of halogens is 1. The standard InChI is InChI=1S/C15H18ClN3O4S/c1-10-17-18-15(23-10)11-5-7-19(8-6-11)24(20,21)14-9-12(16)3-4-13(14)22-2/h3-4,9,11H,5-8H2,1-2H3. The number of sulfonamides is 1. The lowest BCUT2D eigenvalue weighted by Crippen LogP contribution is -2.38.